The van der Waals surface area contributed by atoms with Gasteiger partial charge in [0.15, 0.2) is 11.6 Å². The lowest BCUT2D eigenvalue weighted by Crippen LogP contribution is -2.59. The van der Waals surface area contributed by atoms with Crippen LogP contribution in [0.3, 0.4) is 0 Å². The number of carbonyl (C=O) groups excluding carboxylic acids is 1. The molecule has 0 N–H and O–H groups in total. The molecule has 1 aliphatic carbocycles. The van der Waals surface area contributed by atoms with Gasteiger partial charge in [0.25, 0.3) is 5.91 Å². The number of aryl methyl sites for hydroxylation is 2. The largest absolute Gasteiger partial charge is 0.472 e. The maximum absolute atomic E-state index is 13.7. The molecule has 0 radical (unpaired) electrons. The monoisotopic (exact) mass is 433 g/mol. The first-order valence-corrected chi connectivity index (χ1v) is 10.8. The number of fused-ring (bicyclic) bond motifs is 3. The number of pyridine rings is 2. The number of hydrogen-bond donors (Lipinski definition) is 0. The van der Waals surface area contributed by atoms with Crippen molar-refractivity contribution in [1.29, 1.82) is 0 Å². The van der Waals surface area contributed by atoms with E-state index in [1.807, 2.05) is 30.9 Å². The Hall–Kier alpha value is -3.42. The van der Waals surface area contributed by atoms with Gasteiger partial charge < -0.3 is 9.64 Å². The molecule has 8 heteroatoms. The van der Waals surface area contributed by atoms with Gasteiger partial charge in [0.2, 0.25) is 5.88 Å². The van der Waals surface area contributed by atoms with E-state index < -0.39 is 5.82 Å². The molecule has 3 aromatic rings. The number of hydrogen-bond acceptors (Lipinski definition) is 6. The van der Waals surface area contributed by atoms with Crippen molar-refractivity contribution < 1.29 is 13.9 Å². The summed E-state index contributed by atoms with van der Waals surface area (Å²) in [6, 6.07) is 5.59. The molecule has 7 nitrogen and oxygen atoms in total. The zero-order valence-electron chi connectivity index (χ0n) is 18.0. The second kappa shape index (κ2) is 8.26. The Balaban J connectivity index is 1.45. The Bertz CT molecular complexity index is 1140. The minimum Gasteiger partial charge on any atom is -0.472 e. The topological polar surface area (TPSA) is 81.1 Å². The first-order valence-electron chi connectivity index (χ1n) is 10.8. The molecule has 2 aliphatic heterocycles. The Morgan fingerprint density at radius 3 is 2.59 bits per heavy atom. The third-order valence-corrected chi connectivity index (χ3v) is 6.34. The lowest BCUT2D eigenvalue weighted by atomic mass is 9.77. The molecule has 3 atom stereocenters. The third kappa shape index (κ3) is 3.81. The highest BCUT2D eigenvalue weighted by molar-refractivity contribution is 5.99. The van der Waals surface area contributed by atoms with Crippen molar-refractivity contribution in [2.75, 3.05) is 6.54 Å². The number of nitrogens with zero attached hydrogens (tertiary/aromatic N) is 5. The molecule has 3 unspecified atom stereocenters. The van der Waals surface area contributed by atoms with Gasteiger partial charge >= 0.3 is 0 Å². The van der Waals surface area contributed by atoms with E-state index in [0.717, 1.165) is 42.8 Å². The zero-order valence-corrected chi connectivity index (χ0v) is 18.0. The van der Waals surface area contributed by atoms with Gasteiger partial charge in [-0.3, -0.25) is 9.78 Å². The number of ether oxygens (including phenoxy) is 1. The molecule has 6 rings (SSSR count). The van der Waals surface area contributed by atoms with E-state index in [4.69, 9.17) is 4.74 Å². The first kappa shape index (κ1) is 20.5. The normalized spacial score (nSPS) is 22.1. The predicted octanol–water partition coefficient (Wildman–Crippen LogP) is 3.76. The molecule has 164 valence electrons. The van der Waals surface area contributed by atoms with Gasteiger partial charge in [0.05, 0.1) is 24.0 Å². The quantitative estimate of drug-likeness (QED) is 0.623. The Labute approximate surface area is 185 Å². The van der Waals surface area contributed by atoms with Crippen LogP contribution in [0.25, 0.3) is 11.4 Å². The fourth-order valence-corrected chi connectivity index (χ4v) is 4.75. The van der Waals surface area contributed by atoms with Crippen LogP contribution < -0.4 is 4.74 Å². The zero-order chi connectivity index (χ0) is 22.2. The highest BCUT2D eigenvalue weighted by atomic mass is 19.1. The number of piperidine rings is 2. The van der Waals surface area contributed by atoms with E-state index in [0.29, 0.717) is 29.7 Å². The van der Waals surface area contributed by atoms with Gasteiger partial charge in [-0.1, -0.05) is 6.07 Å². The third-order valence-electron chi connectivity index (χ3n) is 6.34. The minimum atomic E-state index is -0.527. The SMILES string of the molecule is Cc1ccc(OC2CC3CCC2N(C(=O)c2nccc(C)c2-c2ncc(F)cn2)C3)nc1. The molecule has 2 saturated heterocycles. The summed E-state index contributed by atoms with van der Waals surface area (Å²) in [4.78, 5) is 32.5. The molecule has 5 heterocycles. The summed E-state index contributed by atoms with van der Waals surface area (Å²) in [7, 11) is 0. The number of rotatable bonds is 4. The van der Waals surface area contributed by atoms with Crippen LogP contribution in [-0.2, 0) is 0 Å². The maximum Gasteiger partial charge on any atom is 0.273 e. The van der Waals surface area contributed by atoms with Crippen molar-refractivity contribution in [3.05, 3.63) is 65.6 Å². The van der Waals surface area contributed by atoms with Crippen LogP contribution in [0.4, 0.5) is 4.39 Å². The van der Waals surface area contributed by atoms with Crippen molar-refractivity contribution in [3.8, 4) is 17.3 Å². The van der Waals surface area contributed by atoms with Crippen molar-refractivity contribution in [1.82, 2.24) is 24.8 Å². The van der Waals surface area contributed by atoms with Gasteiger partial charge in [0, 0.05) is 25.0 Å². The van der Waals surface area contributed by atoms with Crippen LogP contribution in [0.15, 0.2) is 43.0 Å². The lowest BCUT2D eigenvalue weighted by Gasteiger charge is -2.49. The molecule has 1 amide bonds. The van der Waals surface area contributed by atoms with E-state index in [1.165, 1.54) is 0 Å². The summed E-state index contributed by atoms with van der Waals surface area (Å²) in [5.41, 5.74) is 2.71. The number of amides is 1. The molecule has 3 fully saturated rings. The van der Waals surface area contributed by atoms with E-state index in [9.17, 15) is 9.18 Å². The van der Waals surface area contributed by atoms with Crippen molar-refractivity contribution in [2.24, 2.45) is 5.92 Å². The lowest BCUT2D eigenvalue weighted by molar-refractivity contribution is -0.0315. The van der Waals surface area contributed by atoms with Gasteiger partial charge in [-0.15, -0.1) is 0 Å². The Morgan fingerprint density at radius 2 is 1.88 bits per heavy atom. The van der Waals surface area contributed by atoms with Crippen LogP contribution >= 0.6 is 0 Å². The van der Waals surface area contributed by atoms with Crippen LogP contribution in [0.2, 0.25) is 0 Å². The summed E-state index contributed by atoms with van der Waals surface area (Å²) in [5, 5.41) is 0. The van der Waals surface area contributed by atoms with E-state index >= 15 is 0 Å². The van der Waals surface area contributed by atoms with Crippen LogP contribution in [0.5, 0.6) is 5.88 Å². The van der Waals surface area contributed by atoms with Gasteiger partial charge in [-0.2, -0.15) is 0 Å². The van der Waals surface area contributed by atoms with Crippen LogP contribution in [0, 0.1) is 25.6 Å². The van der Waals surface area contributed by atoms with Gasteiger partial charge in [-0.05, 0) is 56.2 Å². The molecular weight excluding hydrogens is 409 g/mol. The fraction of sp³-hybridized carbons (Fsp3) is 0.375. The molecule has 32 heavy (non-hydrogen) atoms. The molecular formula is C24H24FN5O2. The first-order chi connectivity index (χ1) is 15.5. The summed E-state index contributed by atoms with van der Waals surface area (Å²) in [6.07, 6.45) is 8.34. The van der Waals surface area contributed by atoms with Crippen molar-refractivity contribution >= 4 is 5.91 Å². The van der Waals surface area contributed by atoms with Crippen LogP contribution in [0.1, 0.15) is 40.9 Å². The van der Waals surface area contributed by atoms with E-state index in [-0.39, 0.29) is 23.7 Å². The number of halogens is 1. The molecule has 0 spiro atoms. The minimum absolute atomic E-state index is 0.0556. The van der Waals surface area contributed by atoms with Crippen molar-refractivity contribution in [3.63, 3.8) is 0 Å². The van der Waals surface area contributed by atoms with Crippen LogP contribution in [-0.4, -0.2) is 49.4 Å². The van der Waals surface area contributed by atoms with Crippen molar-refractivity contribution in [2.45, 2.75) is 45.3 Å². The molecule has 0 aromatic carbocycles. The Morgan fingerprint density at radius 1 is 1.06 bits per heavy atom. The number of aromatic nitrogens is 4. The average Bonchev–Trinajstić information content (AvgIpc) is 2.81. The van der Waals surface area contributed by atoms with Gasteiger partial charge in [0.1, 0.15) is 11.8 Å². The van der Waals surface area contributed by atoms with E-state index in [1.54, 1.807) is 18.5 Å². The average molecular weight is 433 g/mol. The second-order valence-corrected chi connectivity index (χ2v) is 8.61. The smallest absolute Gasteiger partial charge is 0.273 e. The molecule has 3 aliphatic rings. The maximum atomic E-state index is 13.7. The summed E-state index contributed by atoms with van der Waals surface area (Å²) < 4.78 is 19.6. The standard InChI is InChI=1S/C24H24FN5O2/c1-14-3-6-20(27-10-14)32-19-9-16-4-5-18(19)30(13-16)24(31)22-21(15(2)7-8-26-22)23-28-11-17(25)12-29-23/h3,6-8,10-12,16,18-19H,4-5,9,13H2,1-2H3. The molecule has 1 saturated carbocycles. The highest BCUT2D eigenvalue weighted by Crippen LogP contribution is 2.38. The fourth-order valence-electron chi connectivity index (χ4n) is 4.75. The summed E-state index contributed by atoms with van der Waals surface area (Å²) in [5.74, 6) is 0.543. The summed E-state index contributed by atoms with van der Waals surface area (Å²) in [6.45, 7) is 4.53. The highest BCUT2D eigenvalue weighted by Gasteiger charge is 2.45. The molecule has 2 bridgehead atoms. The second-order valence-electron chi connectivity index (χ2n) is 8.61. The number of carbonyl (C=O) groups is 1. The summed E-state index contributed by atoms with van der Waals surface area (Å²) >= 11 is 0. The van der Waals surface area contributed by atoms with E-state index in [2.05, 4.69) is 19.9 Å². The molecule has 3 aromatic heterocycles. The van der Waals surface area contributed by atoms with Gasteiger partial charge in [-0.25, -0.2) is 19.3 Å². The Kier molecular flexibility index (Phi) is 5.28. The predicted molar refractivity (Wildman–Crippen MR) is 116 cm³/mol.